The predicted molar refractivity (Wildman–Crippen MR) is 80.0 cm³/mol. The number of halogens is 1. The molecule has 0 saturated heterocycles. The fraction of sp³-hybridized carbons (Fsp3) is 0.133. The number of carbonyl (C=O) groups is 1. The van der Waals surface area contributed by atoms with Crippen LogP contribution >= 0.6 is 0 Å². The number of nitrogens with one attached hydrogen (secondary N) is 1. The zero-order valence-electron chi connectivity index (χ0n) is 12.1. The number of anilines is 1. The van der Waals surface area contributed by atoms with Crippen LogP contribution in [0.2, 0.25) is 0 Å². The van der Waals surface area contributed by atoms with Crippen molar-refractivity contribution in [1.29, 1.82) is 0 Å². The standard InChI is InChI=1S/C15H13FN4O3/c1-8(10-6-9(16)2-3-12(10)21)18-13-4-5-20-14(19-13)11(7-17-20)15(22)23/h2-8,21H,1H3,(H,18,19)(H,22,23). The molecule has 3 aromatic rings. The van der Waals surface area contributed by atoms with Gasteiger partial charge >= 0.3 is 5.97 Å². The molecule has 7 nitrogen and oxygen atoms in total. The van der Waals surface area contributed by atoms with E-state index >= 15 is 0 Å². The molecule has 0 aliphatic heterocycles. The number of hydrogen-bond donors (Lipinski definition) is 3. The van der Waals surface area contributed by atoms with Gasteiger partial charge in [-0.3, -0.25) is 0 Å². The summed E-state index contributed by atoms with van der Waals surface area (Å²) in [6, 6.07) is 4.85. The van der Waals surface area contributed by atoms with E-state index in [4.69, 9.17) is 5.11 Å². The Kier molecular flexibility index (Phi) is 3.57. The van der Waals surface area contributed by atoms with E-state index < -0.39 is 17.8 Å². The van der Waals surface area contributed by atoms with Crippen molar-refractivity contribution in [3.05, 3.63) is 53.6 Å². The number of carboxylic acid groups (broad SMARTS) is 1. The maximum atomic E-state index is 13.3. The first kappa shape index (κ1) is 14.8. The highest BCUT2D eigenvalue weighted by atomic mass is 19.1. The third-order valence-corrected chi connectivity index (χ3v) is 3.42. The Labute approximate surface area is 130 Å². The molecule has 2 heterocycles. The number of rotatable bonds is 4. The molecule has 0 amide bonds. The SMILES string of the molecule is CC(Nc1ccn2ncc(C(=O)O)c2n1)c1cc(F)ccc1O. The average molecular weight is 316 g/mol. The topological polar surface area (TPSA) is 99.8 Å². The van der Waals surface area contributed by atoms with Gasteiger partial charge in [-0.2, -0.15) is 5.10 Å². The van der Waals surface area contributed by atoms with Crippen molar-refractivity contribution in [3.63, 3.8) is 0 Å². The van der Waals surface area contributed by atoms with E-state index in [1.54, 1.807) is 19.2 Å². The number of benzene rings is 1. The van der Waals surface area contributed by atoms with Crippen molar-refractivity contribution >= 4 is 17.4 Å². The number of aromatic carboxylic acids is 1. The molecule has 3 rings (SSSR count). The van der Waals surface area contributed by atoms with Gasteiger partial charge in [-0.25, -0.2) is 18.7 Å². The number of hydrogen-bond acceptors (Lipinski definition) is 5. The van der Waals surface area contributed by atoms with Gasteiger partial charge in [0.25, 0.3) is 0 Å². The minimum absolute atomic E-state index is 0.0186. The number of fused-ring (bicyclic) bond motifs is 1. The largest absolute Gasteiger partial charge is 0.508 e. The molecule has 0 bridgehead atoms. The molecular weight excluding hydrogens is 303 g/mol. The van der Waals surface area contributed by atoms with Crippen LogP contribution in [0.15, 0.2) is 36.7 Å². The highest BCUT2D eigenvalue weighted by Crippen LogP contribution is 2.27. The zero-order valence-corrected chi connectivity index (χ0v) is 12.1. The molecule has 0 aliphatic rings. The van der Waals surface area contributed by atoms with E-state index in [1.165, 1.54) is 28.9 Å². The molecule has 3 N–H and O–H groups in total. The Morgan fingerprint density at radius 3 is 2.91 bits per heavy atom. The zero-order chi connectivity index (χ0) is 16.6. The predicted octanol–water partition coefficient (Wildman–Crippen LogP) is 2.45. The molecule has 1 atom stereocenters. The summed E-state index contributed by atoms with van der Waals surface area (Å²) in [5, 5.41) is 25.8. The van der Waals surface area contributed by atoms with Crippen LogP contribution in [0.25, 0.3) is 5.65 Å². The van der Waals surface area contributed by atoms with Crippen molar-refractivity contribution in [2.75, 3.05) is 5.32 Å². The van der Waals surface area contributed by atoms with Gasteiger partial charge in [0.2, 0.25) is 0 Å². The van der Waals surface area contributed by atoms with Gasteiger partial charge in [-0.05, 0) is 31.2 Å². The van der Waals surface area contributed by atoms with Crippen LogP contribution in [0.4, 0.5) is 10.2 Å². The Bertz CT molecular complexity index is 894. The normalized spacial score (nSPS) is 12.3. The number of aromatic hydroxyl groups is 1. The summed E-state index contributed by atoms with van der Waals surface area (Å²) in [5.74, 6) is -1.24. The molecule has 0 saturated carbocycles. The van der Waals surface area contributed by atoms with Crippen LogP contribution in [0.1, 0.15) is 28.9 Å². The van der Waals surface area contributed by atoms with E-state index in [9.17, 15) is 14.3 Å². The second kappa shape index (κ2) is 5.56. The lowest BCUT2D eigenvalue weighted by atomic mass is 10.1. The van der Waals surface area contributed by atoms with Gasteiger partial charge in [-0.1, -0.05) is 0 Å². The number of nitrogens with zero attached hydrogens (tertiary/aromatic N) is 3. The fourth-order valence-corrected chi connectivity index (χ4v) is 2.27. The molecule has 2 aromatic heterocycles. The summed E-state index contributed by atoms with van der Waals surface area (Å²) in [7, 11) is 0. The molecule has 0 fully saturated rings. The molecule has 118 valence electrons. The summed E-state index contributed by atoms with van der Waals surface area (Å²) >= 11 is 0. The van der Waals surface area contributed by atoms with Gasteiger partial charge in [0.05, 0.1) is 12.2 Å². The highest BCUT2D eigenvalue weighted by molar-refractivity contribution is 5.94. The van der Waals surface area contributed by atoms with Gasteiger partial charge < -0.3 is 15.5 Å². The van der Waals surface area contributed by atoms with Crippen LogP contribution in [0.3, 0.4) is 0 Å². The Morgan fingerprint density at radius 2 is 2.17 bits per heavy atom. The molecule has 8 heteroatoms. The maximum Gasteiger partial charge on any atom is 0.341 e. The Hall–Kier alpha value is -3.16. The van der Waals surface area contributed by atoms with Crippen molar-refractivity contribution in [1.82, 2.24) is 14.6 Å². The smallest absolute Gasteiger partial charge is 0.341 e. The first-order valence-electron chi connectivity index (χ1n) is 6.78. The first-order valence-corrected chi connectivity index (χ1v) is 6.78. The van der Waals surface area contributed by atoms with E-state index in [0.29, 0.717) is 11.4 Å². The number of carboxylic acids is 1. The Morgan fingerprint density at radius 1 is 1.39 bits per heavy atom. The summed E-state index contributed by atoms with van der Waals surface area (Å²) in [6.45, 7) is 1.73. The molecule has 0 aliphatic carbocycles. The third kappa shape index (κ3) is 2.78. The molecule has 1 aromatic carbocycles. The lowest BCUT2D eigenvalue weighted by Gasteiger charge is -2.16. The van der Waals surface area contributed by atoms with Crippen LogP contribution in [-0.4, -0.2) is 30.8 Å². The fourth-order valence-electron chi connectivity index (χ4n) is 2.27. The number of phenols is 1. The second-order valence-corrected chi connectivity index (χ2v) is 5.01. The van der Waals surface area contributed by atoms with Crippen molar-refractivity contribution in [2.24, 2.45) is 0 Å². The molecule has 23 heavy (non-hydrogen) atoms. The van der Waals surface area contributed by atoms with Crippen LogP contribution < -0.4 is 5.32 Å². The van der Waals surface area contributed by atoms with E-state index in [-0.39, 0.29) is 17.0 Å². The minimum atomic E-state index is -1.12. The summed E-state index contributed by atoms with van der Waals surface area (Å²) in [6.07, 6.45) is 2.78. The first-order chi connectivity index (χ1) is 11.0. The number of aromatic nitrogens is 3. The Balaban J connectivity index is 1.93. The maximum absolute atomic E-state index is 13.3. The van der Waals surface area contributed by atoms with Crippen LogP contribution in [0, 0.1) is 5.82 Å². The summed E-state index contributed by atoms with van der Waals surface area (Å²) < 4.78 is 14.7. The van der Waals surface area contributed by atoms with Gasteiger partial charge in [0, 0.05) is 11.8 Å². The quantitative estimate of drug-likeness (QED) is 0.683. The van der Waals surface area contributed by atoms with E-state index in [2.05, 4.69) is 15.4 Å². The van der Waals surface area contributed by atoms with Gasteiger partial charge in [-0.15, -0.1) is 0 Å². The third-order valence-electron chi connectivity index (χ3n) is 3.42. The molecular formula is C15H13FN4O3. The summed E-state index contributed by atoms with van der Waals surface area (Å²) in [4.78, 5) is 15.3. The van der Waals surface area contributed by atoms with Crippen molar-refractivity contribution in [2.45, 2.75) is 13.0 Å². The van der Waals surface area contributed by atoms with E-state index in [1.807, 2.05) is 0 Å². The van der Waals surface area contributed by atoms with Gasteiger partial charge in [0.15, 0.2) is 5.65 Å². The van der Waals surface area contributed by atoms with Gasteiger partial charge in [0.1, 0.15) is 22.9 Å². The highest BCUT2D eigenvalue weighted by Gasteiger charge is 2.15. The van der Waals surface area contributed by atoms with Crippen LogP contribution in [-0.2, 0) is 0 Å². The average Bonchev–Trinajstić information content (AvgIpc) is 2.93. The van der Waals surface area contributed by atoms with E-state index in [0.717, 1.165) is 0 Å². The van der Waals surface area contributed by atoms with Crippen molar-refractivity contribution < 1.29 is 19.4 Å². The monoisotopic (exact) mass is 316 g/mol. The molecule has 0 radical (unpaired) electrons. The molecule has 1 unspecified atom stereocenters. The lowest BCUT2D eigenvalue weighted by Crippen LogP contribution is -2.09. The number of phenolic OH excluding ortho intramolecular Hbond substituents is 1. The van der Waals surface area contributed by atoms with Crippen LogP contribution in [0.5, 0.6) is 5.75 Å². The minimum Gasteiger partial charge on any atom is -0.508 e. The van der Waals surface area contributed by atoms with Crippen molar-refractivity contribution in [3.8, 4) is 5.75 Å². The molecule has 0 spiro atoms. The second-order valence-electron chi connectivity index (χ2n) is 5.01. The lowest BCUT2D eigenvalue weighted by molar-refractivity contribution is 0.0698. The summed E-state index contributed by atoms with van der Waals surface area (Å²) in [5.41, 5.74) is 0.548.